The molecule has 0 amide bonds. The van der Waals surface area contributed by atoms with Crippen LogP contribution in [0, 0.1) is 0 Å². The van der Waals surface area contributed by atoms with Gasteiger partial charge in [-0.2, -0.15) is 0 Å². The van der Waals surface area contributed by atoms with Crippen molar-refractivity contribution in [1.29, 1.82) is 0 Å². The Morgan fingerprint density at radius 3 is 2.92 bits per heavy atom. The Balaban J connectivity index is 0.000000720. The van der Waals surface area contributed by atoms with E-state index in [-0.39, 0.29) is 12.4 Å². The minimum absolute atomic E-state index is 0. The third-order valence-electron chi connectivity index (χ3n) is 1.66. The highest BCUT2D eigenvalue weighted by Gasteiger charge is 2.11. The van der Waals surface area contributed by atoms with Gasteiger partial charge in [0.2, 0.25) is 0 Å². The van der Waals surface area contributed by atoms with Crippen molar-refractivity contribution in [2.45, 2.75) is 6.54 Å². The van der Waals surface area contributed by atoms with Crippen molar-refractivity contribution in [2.24, 2.45) is 4.99 Å². The highest BCUT2D eigenvalue weighted by molar-refractivity contribution is 5.86. The van der Waals surface area contributed by atoms with Crippen LogP contribution in [0.2, 0.25) is 0 Å². The van der Waals surface area contributed by atoms with E-state index in [1.165, 1.54) is 0 Å². The predicted octanol–water partition coefficient (Wildman–Crippen LogP) is 1.37. The number of hydrogen-bond acceptors (Lipinski definition) is 2. The van der Waals surface area contributed by atoms with Gasteiger partial charge in [-0.1, -0.05) is 0 Å². The van der Waals surface area contributed by atoms with Crippen molar-refractivity contribution < 1.29 is 9.90 Å². The maximum atomic E-state index is 10.4. The molecule has 1 aromatic heterocycles. The van der Waals surface area contributed by atoms with Crippen LogP contribution in [0.3, 0.4) is 0 Å². The molecule has 0 aliphatic carbocycles. The average molecular weight is 187 g/mol. The lowest BCUT2D eigenvalue weighted by Gasteiger charge is -1.89. The fraction of sp³-hybridized carbons (Fsp3) is 0.143. The molecule has 0 spiro atoms. The smallest absolute Gasteiger partial charge is 0.415 e. The molecule has 12 heavy (non-hydrogen) atoms. The number of aromatic nitrogens is 1. The zero-order valence-electron chi connectivity index (χ0n) is 6.10. The third kappa shape index (κ3) is 1.21. The second-order valence-corrected chi connectivity index (χ2v) is 2.40. The number of carbonyl (C=O) groups is 1. The Kier molecular flexibility index (Phi) is 2.19. The van der Waals surface area contributed by atoms with Gasteiger partial charge >= 0.3 is 6.09 Å². The minimum Gasteiger partial charge on any atom is -0.464 e. The standard InChI is InChI=1S/C7H6N2O2.ClH/c10-7(11)9-3-5-1-8-2-6(5)4-9;/h1,3-4H,2H2,(H,10,11);1H. The molecule has 1 aromatic rings. The lowest BCUT2D eigenvalue weighted by atomic mass is 10.2. The van der Waals surface area contributed by atoms with Crippen LogP contribution in [-0.4, -0.2) is 22.0 Å². The molecule has 0 aromatic carbocycles. The van der Waals surface area contributed by atoms with Crippen LogP contribution in [0.4, 0.5) is 4.79 Å². The molecule has 2 rings (SSSR count). The van der Waals surface area contributed by atoms with Gasteiger partial charge in [-0.25, -0.2) is 4.79 Å². The topological polar surface area (TPSA) is 54.6 Å². The molecule has 1 N–H and O–H groups in total. The van der Waals surface area contributed by atoms with Crippen LogP contribution in [0.25, 0.3) is 0 Å². The van der Waals surface area contributed by atoms with Crippen molar-refractivity contribution in [3.05, 3.63) is 23.5 Å². The largest absolute Gasteiger partial charge is 0.464 e. The first-order chi connectivity index (χ1) is 5.27. The summed E-state index contributed by atoms with van der Waals surface area (Å²) in [4.78, 5) is 14.4. The predicted molar refractivity (Wildman–Crippen MR) is 46.4 cm³/mol. The number of nitrogens with zero attached hydrogens (tertiary/aromatic N) is 2. The van der Waals surface area contributed by atoms with Gasteiger partial charge in [0, 0.05) is 29.7 Å². The maximum absolute atomic E-state index is 10.4. The van der Waals surface area contributed by atoms with Gasteiger partial charge in [-0.15, -0.1) is 12.4 Å². The lowest BCUT2D eigenvalue weighted by molar-refractivity contribution is 0.196. The summed E-state index contributed by atoms with van der Waals surface area (Å²) in [6.07, 6.45) is 3.89. The molecule has 5 heteroatoms. The number of hydrogen-bond donors (Lipinski definition) is 1. The van der Waals surface area contributed by atoms with Crippen molar-refractivity contribution >= 4 is 24.7 Å². The summed E-state index contributed by atoms with van der Waals surface area (Å²) < 4.78 is 1.15. The zero-order valence-corrected chi connectivity index (χ0v) is 6.91. The van der Waals surface area contributed by atoms with Gasteiger partial charge in [0.05, 0.1) is 6.54 Å². The summed E-state index contributed by atoms with van der Waals surface area (Å²) >= 11 is 0. The molecule has 0 atom stereocenters. The summed E-state index contributed by atoms with van der Waals surface area (Å²) in [5, 5.41) is 8.56. The molecule has 0 radical (unpaired) electrons. The Morgan fingerprint density at radius 2 is 2.33 bits per heavy atom. The molecule has 4 nitrogen and oxygen atoms in total. The fourth-order valence-electron chi connectivity index (χ4n) is 1.11. The van der Waals surface area contributed by atoms with Crippen LogP contribution >= 0.6 is 12.4 Å². The summed E-state index contributed by atoms with van der Waals surface area (Å²) in [5.41, 5.74) is 1.89. The van der Waals surface area contributed by atoms with E-state index >= 15 is 0 Å². The zero-order chi connectivity index (χ0) is 7.84. The van der Waals surface area contributed by atoms with Crippen molar-refractivity contribution in [3.8, 4) is 0 Å². The lowest BCUT2D eigenvalue weighted by Crippen LogP contribution is -2.04. The summed E-state index contributed by atoms with van der Waals surface area (Å²) in [7, 11) is 0. The molecular formula is C7H7ClN2O2. The summed E-state index contributed by atoms with van der Waals surface area (Å²) in [6, 6.07) is 0. The van der Waals surface area contributed by atoms with Crippen LogP contribution in [0.15, 0.2) is 17.4 Å². The third-order valence-corrected chi connectivity index (χ3v) is 1.66. The summed E-state index contributed by atoms with van der Waals surface area (Å²) in [5.74, 6) is 0. The number of halogens is 1. The quantitative estimate of drug-likeness (QED) is 0.665. The molecule has 2 heterocycles. The molecule has 1 aliphatic heterocycles. The molecule has 1 aliphatic rings. The monoisotopic (exact) mass is 186 g/mol. The Hall–Kier alpha value is -1.29. The van der Waals surface area contributed by atoms with E-state index in [9.17, 15) is 4.79 Å². The molecular weight excluding hydrogens is 180 g/mol. The highest BCUT2D eigenvalue weighted by atomic mass is 35.5. The second-order valence-electron chi connectivity index (χ2n) is 2.40. The van der Waals surface area contributed by atoms with E-state index < -0.39 is 6.09 Å². The molecule has 0 fully saturated rings. The Morgan fingerprint density at radius 1 is 1.58 bits per heavy atom. The van der Waals surface area contributed by atoms with Crippen molar-refractivity contribution in [2.75, 3.05) is 0 Å². The minimum atomic E-state index is -0.951. The van der Waals surface area contributed by atoms with Gasteiger partial charge in [-0.3, -0.25) is 9.56 Å². The number of rotatable bonds is 0. The van der Waals surface area contributed by atoms with Gasteiger partial charge in [-0.05, 0) is 0 Å². The van der Waals surface area contributed by atoms with E-state index in [0.717, 1.165) is 15.7 Å². The van der Waals surface area contributed by atoms with E-state index in [1.807, 2.05) is 0 Å². The summed E-state index contributed by atoms with van der Waals surface area (Å²) in [6.45, 7) is 0.607. The van der Waals surface area contributed by atoms with Crippen LogP contribution in [-0.2, 0) is 6.54 Å². The number of carboxylic acid groups (broad SMARTS) is 1. The van der Waals surface area contributed by atoms with Crippen molar-refractivity contribution in [1.82, 2.24) is 4.57 Å². The van der Waals surface area contributed by atoms with Crippen LogP contribution in [0.1, 0.15) is 11.1 Å². The Labute approximate surface area is 74.9 Å². The normalized spacial score (nSPS) is 12.3. The molecule has 0 saturated carbocycles. The molecule has 0 unspecified atom stereocenters. The Bertz CT molecular complexity index is 343. The molecule has 0 bridgehead atoms. The van der Waals surface area contributed by atoms with Gasteiger partial charge in [0.25, 0.3) is 0 Å². The highest BCUT2D eigenvalue weighted by Crippen LogP contribution is 2.14. The van der Waals surface area contributed by atoms with E-state index in [1.54, 1.807) is 18.6 Å². The van der Waals surface area contributed by atoms with Gasteiger partial charge in [0.15, 0.2) is 0 Å². The first-order valence-corrected chi connectivity index (χ1v) is 3.21. The first kappa shape index (κ1) is 8.80. The fourth-order valence-corrected chi connectivity index (χ4v) is 1.11. The van der Waals surface area contributed by atoms with Gasteiger partial charge < -0.3 is 5.11 Å². The molecule has 64 valence electrons. The first-order valence-electron chi connectivity index (χ1n) is 3.21. The van der Waals surface area contributed by atoms with E-state index in [2.05, 4.69) is 4.99 Å². The average Bonchev–Trinajstić information content (AvgIpc) is 2.40. The van der Waals surface area contributed by atoms with E-state index in [0.29, 0.717) is 6.54 Å². The number of aliphatic imine (C=N–C) groups is 1. The second kappa shape index (κ2) is 2.98. The van der Waals surface area contributed by atoms with E-state index in [4.69, 9.17) is 5.11 Å². The molecule has 0 saturated heterocycles. The van der Waals surface area contributed by atoms with Gasteiger partial charge in [0.1, 0.15) is 0 Å². The number of fused-ring (bicyclic) bond motifs is 1. The SMILES string of the molecule is Cl.O=C(O)n1cc2c(c1)CN=C2. The van der Waals surface area contributed by atoms with Crippen molar-refractivity contribution in [3.63, 3.8) is 0 Å². The maximum Gasteiger partial charge on any atom is 0.415 e. The van der Waals surface area contributed by atoms with Crippen LogP contribution in [0.5, 0.6) is 0 Å². The van der Waals surface area contributed by atoms with Crippen LogP contribution < -0.4 is 0 Å².